The van der Waals surface area contributed by atoms with Crippen molar-refractivity contribution in [1.29, 1.82) is 0 Å². The third-order valence-corrected chi connectivity index (χ3v) is 5.13. The zero-order valence-electron chi connectivity index (χ0n) is 15.7. The Balaban J connectivity index is 1.33. The summed E-state index contributed by atoms with van der Waals surface area (Å²) in [7, 11) is 0. The zero-order valence-corrected chi connectivity index (χ0v) is 15.7. The predicted octanol–water partition coefficient (Wildman–Crippen LogP) is 3.03. The zero-order chi connectivity index (χ0) is 19.3. The maximum atomic E-state index is 13.1. The summed E-state index contributed by atoms with van der Waals surface area (Å²) in [5.41, 5.74) is 2.95. The molecule has 0 N–H and O–H groups in total. The molecule has 1 saturated heterocycles. The van der Waals surface area contributed by atoms with Gasteiger partial charge < -0.3 is 9.47 Å². The molecule has 5 nitrogen and oxygen atoms in total. The lowest BCUT2D eigenvalue weighted by molar-refractivity contribution is 0.0625. The SMILES string of the molecule is O=C(c1ccc(F)cc1)N1CCN(Cc2cncn2Cc2ccccc2)CC1. The summed E-state index contributed by atoms with van der Waals surface area (Å²) >= 11 is 0. The van der Waals surface area contributed by atoms with Gasteiger partial charge in [0.05, 0.1) is 12.0 Å². The summed E-state index contributed by atoms with van der Waals surface area (Å²) in [5.74, 6) is -0.359. The molecule has 1 aliphatic heterocycles. The first-order valence-electron chi connectivity index (χ1n) is 9.49. The second-order valence-electron chi connectivity index (χ2n) is 7.07. The molecule has 1 aromatic heterocycles. The molecule has 0 atom stereocenters. The van der Waals surface area contributed by atoms with Gasteiger partial charge in [0.1, 0.15) is 5.82 Å². The van der Waals surface area contributed by atoms with E-state index in [0.29, 0.717) is 18.7 Å². The predicted molar refractivity (Wildman–Crippen MR) is 105 cm³/mol. The summed E-state index contributed by atoms with van der Waals surface area (Å²) in [5, 5.41) is 0. The highest BCUT2D eigenvalue weighted by atomic mass is 19.1. The molecule has 28 heavy (non-hydrogen) atoms. The molecule has 6 heteroatoms. The maximum Gasteiger partial charge on any atom is 0.253 e. The van der Waals surface area contributed by atoms with Crippen molar-refractivity contribution in [2.45, 2.75) is 13.1 Å². The van der Waals surface area contributed by atoms with Gasteiger partial charge in [-0.3, -0.25) is 9.69 Å². The van der Waals surface area contributed by atoms with Crippen LogP contribution in [0.3, 0.4) is 0 Å². The Kier molecular flexibility index (Phi) is 5.48. The second kappa shape index (κ2) is 8.35. The molecule has 0 unspecified atom stereocenters. The van der Waals surface area contributed by atoms with Crippen molar-refractivity contribution in [3.63, 3.8) is 0 Å². The third-order valence-electron chi connectivity index (χ3n) is 5.13. The van der Waals surface area contributed by atoms with Crippen molar-refractivity contribution >= 4 is 5.91 Å². The van der Waals surface area contributed by atoms with Gasteiger partial charge in [0.2, 0.25) is 0 Å². The molecule has 1 aliphatic rings. The third kappa shape index (κ3) is 4.28. The van der Waals surface area contributed by atoms with Crippen molar-refractivity contribution in [2.24, 2.45) is 0 Å². The summed E-state index contributed by atoms with van der Waals surface area (Å²) < 4.78 is 15.2. The molecule has 2 heterocycles. The Bertz CT molecular complexity index is 915. The molecule has 0 aliphatic carbocycles. The van der Waals surface area contributed by atoms with E-state index in [1.165, 1.54) is 23.4 Å². The fourth-order valence-electron chi connectivity index (χ4n) is 3.52. The average molecular weight is 378 g/mol. The van der Waals surface area contributed by atoms with E-state index >= 15 is 0 Å². The topological polar surface area (TPSA) is 41.4 Å². The maximum absolute atomic E-state index is 13.1. The van der Waals surface area contributed by atoms with Gasteiger partial charge in [-0.05, 0) is 29.8 Å². The van der Waals surface area contributed by atoms with Crippen LogP contribution in [0.4, 0.5) is 4.39 Å². The number of carbonyl (C=O) groups excluding carboxylic acids is 1. The average Bonchev–Trinajstić information content (AvgIpc) is 3.16. The van der Waals surface area contributed by atoms with E-state index in [0.717, 1.165) is 26.2 Å². The van der Waals surface area contributed by atoms with E-state index in [9.17, 15) is 9.18 Å². The van der Waals surface area contributed by atoms with Crippen LogP contribution in [0.15, 0.2) is 67.1 Å². The Morgan fingerprint density at radius 2 is 1.64 bits per heavy atom. The van der Waals surface area contributed by atoms with Crippen LogP contribution in [0.1, 0.15) is 21.6 Å². The molecule has 1 fully saturated rings. The quantitative estimate of drug-likeness (QED) is 0.685. The van der Waals surface area contributed by atoms with Gasteiger partial charge in [-0.1, -0.05) is 30.3 Å². The Labute approximate surface area is 164 Å². The summed E-state index contributed by atoms with van der Waals surface area (Å²) in [6.45, 7) is 4.57. The number of imidazole rings is 1. The van der Waals surface area contributed by atoms with Crippen LogP contribution in [-0.2, 0) is 13.1 Å². The smallest absolute Gasteiger partial charge is 0.253 e. The van der Waals surface area contributed by atoms with Crippen molar-refractivity contribution in [1.82, 2.24) is 19.4 Å². The van der Waals surface area contributed by atoms with Gasteiger partial charge in [0, 0.05) is 51.0 Å². The molecule has 0 bridgehead atoms. The molecule has 2 aromatic carbocycles. The first kappa shape index (κ1) is 18.4. The van der Waals surface area contributed by atoms with Gasteiger partial charge in [-0.15, -0.1) is 0 Å². The van der Waals surface area contributed by atoms with E-state index < -0.39 is 0 Å². The standard InChI is InChI=1S/C22H23FN4O/c23-20-8-6-19(7-9-20)22(28)26-12-10-25(11-13-26)16-21-14-24-17-27(21)15-18-4-2-1-3-5-18/h1-9,14,17H,10-13,15-16H2. The van der Waals surface area contributed by atoms with Crippen LogP contribution in [-0.4, -0.2) is 51.4 Å². The summed E-state index contributed by atoms with van der Waals surface area (Å²) in [6, 6.07) is 16.1. The number of hydrogen-bond donors (Lipinski definition) is 0. The number of halogens is 1. The summed E-state index contributed by atoms with van der Waals surface area (Å²) in [4.78, 5) is 21.1. The molecule has 1 amide bonds. The van der Waals surface area contributed by atoms with Crippen LogP contribution < -0.4 is 0 Å². The fraction of sp³-hybridized carbons (Fsp3) is 0.273. The van der Waals surface area contributed by atoms with Crippen LogP contribution >= 0.6 is 0 Å². The Hall–Kier alpha value is -2.99. The number of amides is 1. The number of benzene rings is 2. The van der Waals surface area contributed by atoms with E-state index in [4.69, 9.17) is 0 Å². The molecule has 4 rings (SSSR count). The molecule has 0 spiro atoms. The van der Waals surface area contributed by atoms with Gasteiger partial charge >= 0.3 is 0 Å². The number of nitrogens with zero attached hydrogens (tertiary/aromatic N) is 4. The molecule has 144 valence electrons. The number of carbonyl (C=O) groups is 1. The molecular weight excluding hydrogens is 355 g/mol. The lowest BCUT2D eigenvalue weighted by Gasteiger charge is -2.34. The van der Waals surface area contributed by atoms with E-state index in [2.05, 4.69) is 26.6 Å². The van der Waals surface area contributed by atoms with E-state index in [1.807, 2.05) is 35.6 Å². The van der Waals surface area contributed by atoms with Gasteiger partial charge in [0.25, 0.3) is 5.91 Å². The van der Waals surface area contributed by atoms with Gasteiger partial charge in [0.15, 0.2) is 0 Å². The number of hydrogen-bond acceptors (Lipinski definition) is 3. The van der Waals surface area contributed by atoms with Crippen molar-refractivity contribution in [3.8, 4) is 0 Å². The van der Waals surface area contributed by atoms with Crippen molar-refractivity contribution in [3.05, 3.63) is 89.8 Å². The normalized spacial score (nSPS) is 15.0. The highest BCUT2D eigenvalue weighted by molar-refractivity contribution is 5.94. The number of aromatic nitrogens is 2. The Morgan fingerprint density at radius 3 is 2.36 bits per heavy atom. The molecule has 0 radical (unpaired) electrons. The van der Waals surface area contributed by atoms with Gasteiger partial charge in [-0.2, -0.15) is 0 Å². The highest BCUT2D eigenvalue weighted by Crippen LogP contribution is 2.13. The van der Waals surface area contributed by atoms with E-state index in [-0.39, 0.29) is 11.7 Å². The lowest BCUT2D eigenvalue weighted by Crippen LogP contribution is -2.48. The van der Waals surface area contributed by atoms with Gasteiger partial charge in [-0.25, -0.2) is 9.37 Å². The van der Waals surface area contributed by atoms with Crippen LogP contribution in [0, 0.1) is 5.82 Å². The first-order chi connectivity index (χ1) is 13.7. The minimum atomic E-state index is -0.325. The summed E-state index contributed by atoms with van der Waals surface area (Å²) in [6.07, 6.45) is 3.79. The molecule has 3 aromatic rings. The second-order valence-corrected chi connectivity index (χ2v) is 7.07. The first-order valence-corrected chi connectivity index (χ1v) is 9.49. The monoisotopic (exact) mass is 378 g/mol. The van der Waals surface area contributed by atoms with Crippen molar-refractivity contribution < 1.29 is 9.18 Å². The largest absolute Gasteiger partial charge is 0.336 e. The highest BCUT2D eigenvalue weighted by Gasteiger charge is 2.22. The minimum Gasteiger partial charge on any atom is -0.336 e. The fourth-order valence-corrected chi connectivity index (χ4v) is 3.52. The molecular formula is C22H23FN4O. The number of piperazine rings is 1. The lowest BCUT2D eigenvalue weighted by atomic mass is 10.1. The van der Waals surface area contributed by atoms with E-state index in [1.54, 1.807) is 12.1 Å². The van der Waals surface area contributed by atoms with Crippen LogP contribution in [0.25, 0.3) is 0 Å². The molecule has 0 saturated carbocycles. The number of rotatable bonds is 5. The van der Waals surface area contributed by atoms with Crippen LogP contribution in [0.5, 0.6) is 0 Å². The Morgan fingerprint density at radius 1 is 0.929 bits per heavy atom. The minimum absolute atomic E-state index is 0.0335. The van der Waals surface area contributed by atoms with Crippen molar-refractivity contribution in [2.75, 3.05) is 26.2 Å². The van der Waals surface area contributed by atoms with Crippen LogP contribution in [0.2, 0.25) is 0 Å².